The van der Waals surface area contributed by atoms with Crippen molar-refractivity contribution in [2.45, 2.75) is 45.4 Å². The first-order valence-electron chi connectivity index (χ1n) is 8.39. The Kier molecular flexibility index (Phi) is 6.30. The first-order valence-corrected chi connectivity index (χ1v) is 8.39. The van der Waals surface area contributed by atoms with Crippen LogP contribution in [0.15, 0.2) is 0 Å². The summed E-state index contributed by atoms with van der Waals surface area (Å²) in [6, 6.07) is 0. The molecule has 116 valence electrons. The number of rotatable bonds is 5. The second kappa shape index (κ2) is 7.99. The molecule has 1 atom stereocenters. The molecule has 2 rings (SSSR count). The Morgan fingerprint density at radius 3 is 2.40 bits per heavy atom. The predicted molar refractivity (Wildman–Crippen MR) is 82.4 cm³/mol. The molecular weight excluding hydrogens is 250 g/mol. The fraction of sp³-hybridized carbons (Fsp3) is 0.938. The zero-order chi connectivity index (χ0) is 14.4. The molecule has 0 aromatic rings. The van der Waals surface area contributed by atoms with E-state index in [9.17, 15) is 4.79 Å². The average molecular weight is 281 g/mol. The number of nitrogens with two attached hydrogens (primary N) is 1. The van der Waals surface area contributed by atoms with Gasteiger partial charge in [-0.15, -0.1) is 0 Å². The third-order valence-electron chi connectivity index (χ3n) is 4.89. The van der Waals surface area contributed by atoms with Crippen molar-refractivity contribution in [3.8, 4) is 0 Å². The number of nitrogens with zero attached hydrogens (tertiary/aromatic N) is 2. The highest BCUT2D eigenvalue weighted by Gasteiger charge is 2.24. The zero-order valence-corrected chi connectivity index (χ0v) is 13.0. The zero-order valence-electron chi connectivity index (χ0n) is 13.0. The summed E-state index contributed by atoms with van der Waals surface area (Å²) in [4.78, 5) is 16.9. The highest BCUT2D eigenvalue weighted by Crippen LogP contribution is 2.27. The molecule has 2 fully saturated rings. The fourth-order valence-electron chi connectivity index (χ4n) is 3.46. The van der Waals surface area contributed by atoms with Gasteiger partial charge in [0.05, 0.1) is 0 Å². The van der Waals surface area contributed by atoms with E-state index in [-0.39, 0.29) is 0 Å². The summed E-state index contributed by atoms with van der Waals surface area (Å²) in [5.74, 6) is 1.61. The molecule has 20 heavy (non-hydrogen) atoms. The molecule has 1 heterocycles. The van der Waals surface area contributed by atoms with Crippen LogP contribution in [0.1, 0.15) is 45.4 Å². The molecule has 1 aliphatic heterocycles. The van der Waals surface area contributed by atoms with E-state index in [1.54, 1.807) is 0 Å². The minimum atomic E-state index is 0.392. The molecule has 0 bridgehead atoms. The van der Waals surface area contributed by atoms with Gasteiger partial charge in [-0.1, -0.05) is 26.2 Å². The van der Waals surface area contributed by atoms with Crippen LogP contribution in [-0.4, -0.2) is 55.0 Å². The van der Waals surface area contributed by atoms with Gasteiger partial charge in [-0.05, 0) is 31.2 Å². The highest BCUT2D eigenvalue weighted by atomic mass is 16.2. The van der Waals surface area contributed by atoms with Gasteiger partial charge < -0.3 is 10.6 Å². The van der Waals surface area contributed by atoms with Crippen molar-refractivity contribution >= 4 is 5.91 Å². The summed E-state index contributed by atoms with van der Waals surface area (Å²) in [5, 5.41) is 0. The van der Waals surface area contributed by atoms with E-state index in [2.05, 4.69) is 16.7 Å². The monoisotopic (exact) mass is 281 g/mol. The maximum Gasteiger partial charge on any atom is 0.222 e. The minimum absolute atomic E-state index is 0.392. The van der Waals surface area contributed by atoms with E-state index in [4.69, 9.17) is 5.73 Å². The third kappa shape index (κ3) is 4.74. The quantitative estimate of drug-likeness (QED) is 0.834. The Morgan fingerprint density at radius 1 is 1.15 bits per heavy atom. The van der Waals surface area contributed by atoms with Gasteiger partial charge in [-0.2, -0.15) is 0 Å². The normalized spacial score (nSPS) is 23.8. The number of hydrogen-bond acceptors (Lipinski definition) is 3. The van der Waals surface area contributed by atoms with Crippen LogP contribution in [0.3, 0.4) is 0 Å². The largest absolute Gasteiger partial charge is 0.340 e. The van der Waals surface area contributed by atoms with Gasteiger partial charge in [0.15, 0.2) is 0 Å². The van der Waals surface area contributed by atoms with Crippen LogP contribution in [0, 0.1) is 11.8 Å². The summed E-state index contributed by atoms with van der Waals surface area (Å²) in [5.41, 5.74) is 5.68. The standard InChI is InChI=1S/C16H31N3O/c1-14(12-17)13-18-7-9-19(10-8-18)16(20)11-15-5-3-2-4-6-15/h14-15H,2-13,17H2,1H3. The molecule has 0 aromatic heterocycles. The van der Waals surface area contributed by atoms with Gasteiger partial charge >= 0.3 is 0 Å². The molecule has 1 aliphatic carbocycles. The number of piperazine rings is 1. The Hall–Kier alpha value is -0.610. The van der Waals surface area contributed by atoms with Gasteiger partial charge in [0, 0.05) is 39.1 Å². The molecule has 2 N–H and O–H groups in total. The molecule has 4 heteroatoms. The van der Waals surface area contributed by atoms with Gasteiger partial charge in [-0.3, -0.25) is 9.69 Å². The van der Waals surface area contributed by atoms with Gasteiger partial charge in [0.2, 0.25) is 5.91 Å². The Bertz CT molecular complexity index is 294. The van der Waals surface area contributed by atoms with E-state index >= 15 is 0 Å². The second-order valence-corrected chi connectivity index (χ2v) is 6.73. The number of amides is 1. The number of carbonyl (C=O) groups excluding carboxylic acids is 1. The minimum Gasteiger partial charge on any atom is -0.340 e. The fourth-order valence-corrected chi connectivity index (χ4v) is 3.46. The van der Waals surface area contributed by atoms with E-state index in [1.165, 1.54) is 32.1 Å². The van der Waals surface area contributed by atoms with Crippen LogP contribution in [0.5, 0.6) is 0 Å². The topological polar surface area (TPSA) is 49.6 Å². The average Bonchev–Trinajstić information content (AvgIpc) is 2.49. The van der Waals surface area contributed by atoms with Gasteiger partial charge in [0.25, 0.3) is 0 Å². The van der Waals surface area contributed by atoms with E-state index in [0.29, 0.717) is 17.7 Å². The van der Waals surface area contributed by atoms with Gasteiger partial charge in [0.1, 0.15) is 0 Å². The second-order valence-electron chi connectivity index (χ2n) is 6.73. The molecule has 0 radical (unpaired) electrons. The highest BCUT2D eigenvalue weighted by molar-refractivity contribution is 5.76. The lowest BCUT2D eigenvalue weighted by Crippen LogP contribution is -2.50. The summed E-state index contributed by atoms with van der Waals surface area (Å²) in [6.07, 6.45) is 7.33. The van der Waals surface area contributed by atoms with Crippen molar-refractivity contribution in [3.05, 3.63) is 0 Å². The molecule has 1 amide bonds. The summed E-state index contributed by atoms with van der Waals surface area (Å²) < 4.78 is 0. The van der Waals surface area contributed by atoms with Crippen LogP contribution >= 0.6 is 0 Å². The summed E-state index contributed by atoms with van der Waals surface area (Å²) in [6.45, 7) is 7.86. The van der Waals surface area contributed by atoms with Crippen LogP contribution in [-0.2, 0) is 4.79 Å². The van der Waals surface area contributed by atoms with E-state index in [0.717, 1.165) is 45.7 Å². The Morgan fingerprint density at radius 2 is 1.80 bits per heavy atom. The molecular formula is C16H31N3O. The summed E-state index contributed by atoms with van der Waals surface area (Å²) in [7, 11) is 0. The van der Waals surface area contributed by atoms with Crippen molar-refractivity contribution in [2.75, 3.05) is 39.3 Å². The van der Waals surface area contributed by atoms with Crippen molar-refractivity contribution in [1.82, 2.24) is 9.80 Å². The number of carbonyl (C=O) groups is 1. The lowest BCUT2D eigenvalue weighted by molar-refractivity contribution is -0.134. The Labute approximate surface area is 123 Å². The maximum atomic E-state index is 12.3. The van der Waals surface area contributed by atoms with Crippen LogP contribution < -0.4 is 5.73 Å². The molecule has 1 unspecified atom stereocenters. The molecule has 1 saturated heterocycles. The summed E-state index contributed by atoms with van der Waals surface area (Å²) >= 11 is 0. The lowest BCUT2D eigenvalue weighted by Gasteiger charge is -2.36. The van der Waals surface area contributed by atoms with Crippen molar-refractivity contribution in [1.29, 1.82) is 0 Å². The molecule has 2 aliphatic rings. The van der Waals surface area contributed by atoms with Crippen molar-refractivity contribution < 1.29 is 4.79 Å². The first-order chi connectivity index (χ1) is 9.69. The lowest BCUT2D eigenvalue weighted by atomic mass is 9.86. The molecule has 4 nitrogen and oxygen atoms in total. The van der Waals surface area contributed by atoms with Crippen LogP contribution in [0.25, 0.3) is 0 Å². The molecule has 0 spiro atoms. The molecule has 0 aromatic carbocycles. The third-order valence-corrected chi connectivity index (χ3v) is 4.89. The smallest absolute Gasteiger partial charge is 0.222 e. The predicted octanol–water partition coefficient (Wildman–Crippen LogP) is 1.70. The Balaban J connectivity index is 1.68. The molecule has 1 saturated carbocycles. The van der Waals surface area contributed by atoms with E-state index in [1.807, 2.05) is 0 Å². The van der Waals surface area contributed by atoms with Crippen molar-refractivity contribution in [2.24, 2.45) is 17.6 Å². The van der Waals surface area contributed by atoms with Crippen LogP contribution in [0.2, 0.25) is 0 Å². The first kappa shape index (κ1) is 15.8. The van der Waals surface area contributed by atoms with Crippen LogP contribution in [0.4, 0.5) is 0 Å². The SMILES string of the molecule is CC(CN)CN1CCN(C(=O)CC2CCCCC2)CC1. The number of hydrogen-bond donors (Lipinski definition) is 1. The maximum absolute atomic E-state index is 12.3. The van der Waals surface area contributed by atoms with Crippen molar-refractivity contribution in [3.63, 3.8) is 0 Å². The van der Waals surface area contributed by atoms with E-state index < -0.39 is 0 Å². The van der Waals surface area contributed by atoms with Gasteiger partial charge in [-0.25, -0.2) is 0 Å².